The van der Waals surface area contributed by atoms with Crippen molar-refractivity contribution in [1.29, 1.82) is 0 Å². The van der Waals surface area contributed by atoms with Crippen LogP contribution >= 0.6 is 12.4 Å². The second-order valence-corrected chi connectivity index (χ2v) is 5.32. The summed E-state index contributed by atoms with van der Waals surface area (Å²) in [6.45, 7) is 2.19. The molecular weight excluding hydrogens is 312 g/mol. The molecule has 1 amide bonds. The van der Waals surface area contributed by atoms with Crippen molar-refractivity contribution in [3.8, 4) is 0 Å². The van der Waals surface area contributed by atoms with E-state index in [-0.39, 0.29) is 18.3 Å². The molecule has 0 aromatic heterocycles. The molecule has 1 N–H and O–H groups in total. The number of halogens is 1. The van der Waals surface area contributed by atoms with Crippen molar-refractivity contribution in [2.24, 2.45) is 0 Å². The third-order valence-electron chi connectivity index (χ3n) is 3.94. The van der Waals surface area contributed by atoms with Crippen molar-refractivity contribution in [3.63, 3.8) is 0 Å². The van der Waals surface area contributed by atoms with Crippen LogP contribution in [0.25, 0.3) is 0 Å². The molecule has 0 spiro atoms. The molecule has 1 atom stereocenters. The van der Waals surface area contributed by atoms with Gasteiger partial charge in [-0.05, 0) is 17.2 Å². The van der Waals surface area contributed by atoms with Crippen molar-refractivity contribution in [3.05, 3.63) is 65.7 Å². The van der Waals surface area contributed by atoms with E-state index in [1.807, 2.05) is 53.4 Å². The molecule has 3 rings (SSSR count). The van der Waals surface area contributed by atoms with Gasteiger partial charge in [0.25, 0.3) is 5.91 Å². The fourth-order valence-electron chi connectivity index (χ4n) is 2.84. The maximum atomic E-state index is 13.0. The number of rotatable bonds is 3. The van der Waals surface area contributed by atoms with Crippen LogP contribution in [0.3, 0.4) is 0 Å². The zero-order chi connectivity index (χ0) is 15.4. The van der Waals surface area contributed by atoms with Crippen LogP contribution < -0.4 is 10.2 Å². The molecule has 2 aromatic carbocycles. The maximum Gasteiger partial charge on any atom is 0.260 e. The number of amides is 1. The van der Waals surface area contributed by atoms with Crippen LogP contribution in [-0.2, 0) is 16.1 Å². The summed E-state index contributed by atoms with van der Waals surface area (Å²) in [5.41, 5.74) is 2.98. The topological polar surface area (TPSA) is 41.6 Å². The van der Waals surface area contributed by atoms with Crippen LogP contribution in [0.2, 0.25) is 0 Å². The van der Waals surface area contributed by atoms with Crippen molar-refractivity contribution >= 4 is 24.0 Å². The van der Waals surface area contributed by atoms with Gasteiger partial charge >= 0.3 is 0 Å². The van der Waals surface area contributed by atoms with Crippen LogP contribution in [0.15, 0.2) is 54.6 Å². The van der Waals surface area contributed by atoms with Crippen molar-refractivity contribution in [2.75, 3.05) is 25.1 Å². The first-order valence-corrected chi connectivity index (χ1v) is 7.49. The van der Waals surface area contributed by atoms with Crippen molar-refractivity contribution in [1.82, 2.24) is 5.32 Å². The molecule has 1 unspecified atom stereocenters. The van der Waals surface area contributed by atoms with Gasteiger partial charge in [-0.25, -0.2) is 0 Å². The normalized spacial score (nSPS) is 15.1. The van der Waals surface area contributed by atoms with Gasteiger partial charge < -0.3 is 15.0 Å². The number of nitrogens with one attached hydrogen (secondary N) is 1. The Morgan fingerprint density at radius 3 is 2.57 bits per heavy atom. The van der Waals surface area contributed by atoms with Crippen LogP contribution in [0, 0.1) is 0 Å². The average molecular weight is 333 g/mol. The van der Waals surface area contributed by atoms with E-state index in [0.717, 1.165) is 29.9 Å². The number of ether oxygens (including phenoxy) is 1. The van der Waals surface area contributed by atoms with E-state index in [9.17, 15) is 4.79 Å². The lowest BCUT2D eigenvalue weighted by atomic mass is 10.1. The third-order valence-corrected chi connectivity index (χ3v) is 3.94. The molecule has 1 aliphatic rings. The smallest absolute Gasteiger partial charge is 0.260 e. The van der Waals surface area contributed by atoms with Crippen LogP contribution in [0.4, 0.5) is 5.69 Å². The highest BCUT2D eigenvalue weighted by atomic mass is 35.5. The Kier molecular flexibility index (Phi) is 6.16. The Bertz CT molecular complexity index is 648. The molecule has 4 nitrogen and oxygen atoms in total. The first kappa shape index (κ1) is 17.5. The van der Waals surface area contributed by atoms with Crippen molar-refractivity contribution in [2.45, 2.75) is 12.6 Å². The number of para-hydroxylation sites is 1. The number of methoxy groups -OCH3 is 1. The van der Waals surface area contributed by atoms with Gasteiger partial charge in [0.1, 0.15) is 0 Å². The summed E-state index contributed by atoms with van der Waals surface area (Å²) in [4.78, 5) is 14.8. The predicted molar refractivity (Wildman–Crippen MR) is 93.9 cm³/mol. The summed E-state index contributed by atoms with van der Waals surface area (Å²) in [7, 11) is 1.58. The molecule has 0 bridgehead atoms. The molecule has 23 heavy (non-hydrogen) atoms. The second-order valence-electron chi connectivity index (χ2n) is 5.32. The predicted octanol–water partition coefficient (Wildman–Crippen LogP) is 2.93. The van der Waals surface area contributed by atoms with Gasteiger partial charge in [0.15, 0.2) is 6.10 Å². The second kappa shape index (κ2) is 8.11. The number of hydrogen-bond donors (Lipinski definition) is 1. The number of hydrogen-bond acceptors (Lipinski definition) is 3. The summed E-state index contributed by atoms with van der Waals surface area (Å²) in [6, 6.07) is 17.7. The highest BCUT2D eigenvalue weighted by Crippen LogP contribution is 2.27. The minimum atomic E-state index is -0.577. The van der Waals surface area contributed by atoms with Gasteiger partial charge in [0, 0.05) is 32.4 Å². The quantitative estimate of drug-likeness (QED) is 0.939. The van der Waals surface area contributed by atoms with Crippen LogP contribution in [-0.4, -0.2) is 26.1 Å². The lowest BCUT2D eigenvalue weighted by Gasteiger charge is -2.27. The van der Waals surface area contributed by atoms with Crippen molar-refractivity contribution < 1.29 is 9.53 Å². The van der Waals surface area contributed by atoms with E-state index in [1.54, 1.807) is 7.11 Å². The minimum Gasteiger partial charge on any atom is -0.367 e. The van der Waals surface area contributed by atoms with E-state index < -0.39 is 6.10 Å². The fourth-order valence-corrected chi connectivity index (χ4v) is 2.84. The molecule has 0 fully saturated rings. The van der Waals surface area contributed by atoms with E-state index in [0.29, 0.717) is 6.54 Å². The van der Waals surface area contributed by atoms with E-state index in [1.165, 1.54) is 0 Å². The largest absolute Gasteiger partial charge is 0.367 e. The molecule has 0 aliphatic carbocycles. The summed E-state index contributed by atoms with van der Waals surface area (Å²) >= 11 is 0. The molecule has 5 heteroatoms. The lowest BCUT2D eigenvalue weighted by molar-refractivity contribution is -0.128. The summed E-state index contributed by atoms with van der Waals surface area (Å²) in [5, 5.41) is 3.35. The number of nitrogens with zero attached hydrogens (tertiary/aromatic N) is 1. The average Bonchev–Trinajstić information content (AvgIpc) is 2.79. The maximum absolute atomic E-state index is 13.0. The van der Waals surface area contributed by atoms with E-state index in [4.69, 9.17) is 4.74 Å². The van der Waals surface area contributed by atoms with Gasteiger partial charge in [-0.15, -0.1) is 12.4 Å². The van der Waals surface area contributed by atoms with E-state index in [2.05, 4.69) is 11.4 Å². The summed E-state index contributed by atoms with van der Waals surface area (Å²) < 4.78 is 5.50. The highest BCUT2D eigenvalue weighted by molar-refractivity contribution is 5.98. The Labute approximate surface area is 142 Å². The first-order valence-electron chi connectivity index (χ1n) is 7.49. The zero-order valence-electron chi connectivity index (χ0n) is 13.1. The van der Waals surface area contributed by atoms with Gasteiger partial charge in [-0.1, -0.05) is 48.5 Å². The summed E-state index contributed by atoms with van der Waals surface area (Å²) in [6.07, 6.45) is -0.577. The third kappa shape index (κ3) is 3.72. The van der Waals surface area contributed by atoms with Gasteiger partial charge in [0.05, 0.1) is 0 Å². The lowest BCUT2D eigenvalue weighted by Crippen LogP contribution is -2.38. The summed E-state index contributed by atoms with van der Waals surface area (Å²) in [5.74, 6) is -0.0233. The fraction of sp³-hybridized carbons (Fsp3) is 0.278. The van der Waals surface area contributed by atoms with Crippen LogP contribution in [0.5, 0.6) is 0 Å². The Hall–Kier alpha value is -1.88. The number of carbonyl (C=O) groups excluding carboxylic acids is 1. The molecular formula is C18H21ClN2O2. The Morgan fingerprint density at radius 1 is 1.13 bits per heavy atom. The number of benzene rings is 2. The SMILES string of the molecule is COC(C(=O)N1CCNCc2ccccc21)c1ccccc1.Cl. The molecule has 0 radical (unpaired) electrons. The molecule has 1 aliphatic heterocycles. The Balaban J connectivity index is 0.00000192. The van der Waals surface area contributed by atoms with Gasteiger partial charge in [-0.3, -0.25) is 4.79 Å². The monoisotopic (exact) mass is 332 g/mol. The molecule has 0 saturated heterocycles. The molecule has 1 heterocycles. The standard InChI is InChI=1S/C18H20N2O2.ClH/c1-22-17(14-7-3-2-4-8-14)18(21)20-12-11-19-13-15-9-5-6-10-16(15)20;/h2-10,17,19H,11-13H2,1H3;1H. The first-order chi connectivity index (χ1) is 10.8. The number of anilines is 1. The zero-order valence-corrected chi connectivity index (χ0v) is 13.9. The van der Waals surface area contributed by atoms with E-state index >= 15 is 0 Å². The van der Waals surface area contributed by atoms with Gasteiger partial charge in [-0.2, -0.15) is 0 Å². The van der Waals surface area contributed by atoms with Gasteiger partial charge in [0.2, 0.25) is 0 Å². The number of fused-ring (bicyclic) bond motifs is 1. The molecule has 2 aromatic rings. The minimum absolute atomic E-state index is 0. The molecule has 0 saturated carbocycles. The molecule has 122 valence electrons. The number of carbonyl (C=O) groups is 1. The van der Waals surface area contributed by atoms with Crippen LogP contribution in [0.1, 0.15) is 17.2 Å². The highest BCUT2D eigenvalue weighted by Gasteiger charge is 2.28. The Morgan fingerprint density at radius 2 is 1.83 bits per heavy atom.